The molecule has 0 radical (unpaired) electrons. The van der Waals surface area contributed by atoms with E-state index in [1.807, 2.05) is 91.0 Å². The lowest BCUT2D eigenvalue weighted by atomic mass is 9.61. The third-order valence-electron chi connectivity index (χ3n) is 5.07. The molecule has 2 nitrogen and oxygen atoms in total. The first-order chi connectivity index (χ1) is 12.8. The van der Waals surface area contributed by atoms with Crippen molar-refractivity contribution < 1.29 is 0 Å². The summed E-state index contributed by atoms with van der Waals surface area (Å²) in [5.74, 6) is -0.569. The van der Waals surface area contributed by atoms with Crippen LogP contribution in [0.2, 0.25) is 0 Å². The van der Waals surface area contributed by atoms with Crippen LogP contribution in [0.25, 0.3) is 5.57 Å². The van der Waals surface area contributed by atoms with E-state index in [0.29, 0.717) is 0 Å². The highest BCUT2D eigenvalue weighted by molar-refractivity contribution is 5.85. The van der Waals surface area contributed by atoms with Crippen molar-refractivity contribution >= 4 is 5.57 Å². The maximum atomic E-state index is 10.3. The van der Waals surface area contributed by atoms with Crippen LogP contribution in [0.3, 0.4) is 0 Å². The average molecular weight is 332 g/mol. The summed E-state index contributed by atoms with van der Waals surface area (Å²) < 4.78 is 0. The molecule has 0 heterocycles. The van der Waals surface area contributed by atoms with Crippen molar-refractivity contribution in [3.63, 3.8) is 0 Å². The van der Waals surface area contributed by atoms with Crippen LogP contribution >= 0.6 is 0 Å². The topological polar surface area (TPSA) is 47.6 Å². The Morgan fingerprint density at radius 2 is 1.35 bits per heavy atom. The Hall–Kier alpha value is -3.62. The van der Waals surface area contributed by atoms with E-state index in [1.165, 1.54) is 0 Å². The molecule has 2 heteroatoms. The number of nitrogens with zero attached hydrogens (tertiary/aromatic N) is 2. The van der Waals surface area contributed by atoms with E-state index in [0.717, 1.165) is 27.8 Å². The second-order valence-electron chi connectivity index (χ2n) is 6.38. The smallest absolute Gasteiger partial charge is 0.127 e. The minimum Gasteiger partial charge on any atom is -0.198 e. The van der Waals surface area contributed by atoms with Crippen LogP contribution in [0, 0.1) is 28.6 Å². The standard InChI is InChI=1S/C24H16N2/c25-16-20-15-22(18-9-3-1-4-10-18)21-13-7-8-14-23(21)24(20,17-26)19-11-5-2-6-12-19/h1-15,20H. The molecule has 2 atom stereocenters. The third kappa shape index (κ3) is 2.25. The summed E-state index contributed by atoms with van der Waals surface area (Å²) in [6, 6.07) is 32.5. The van der Waals surface area contributed by atoms with Crippen LogP contribution in [0.4, 0.5) is 0 Å². The highest BCUT2D eigenvalue weighted by Gasteiger charge is 2.46. The zero-order chi connectivity index (χ0) is 18.0. The van der Waals surface area contributed by atoms with E-state index >= 15 is 0 Å². The van der Waals surface area contributed by atoms with E-state index in [1.54, 1.807) is 0 Å². The van der Waals surface area contributed by atoms with Crippen LogP contribution in [-0.2, 0) is 5.41 Å². The number of hydrogen-bond acceptors (Lipinski definition) is 2. The summed E-state index contributed by atoms with van der Waals surface area (Å²) in [7, 11) is 0. The molecule has 3 aromatic carbocycles. The molecule has 4 rings (SSSR count). The van der Waals surface area contributed by atoms with E-state index in [9.17, 15) is 10.5 Å². The van der Waals surface area contributed by atoms with Gasteiger partial charge in [-0.3, -0.25) is 0 Å². The van der Waals surface area contributed by atoms with Gasteiger partial charge in [-0.25, -0.2) is 0 Å². The van der Waals surface area contributed by atoms with Crippen molar-refractivity contribution in [3.05, 3.63) is 113 Å². The van der Waals surface area contributed by atoms with Gasteiger partial charge in [0.2, 0.25) is 0 Å². The lowest BCUT2D eigenvalue weighted by Crippen LogP contribution is -2.37. The van der Waals surface area contributed by atoms with Gasteiger partial charge in [-0.2, -0.15) is 10.5 Å². The quantitative estimate of drug-likeness (QED) is 0.657. The fraction of sp³-hybridized carbons (Fsp3) is 0.0833. The molecule has 0 aromatic heterocycles. The summed E-state index contributed by atoms with van der Waals surface area (Å²) >= 11 is 0. The minimum absolute atomic E-state index is 0.569. The number of allylic oxidation sites excluding steroid dienone is 1. The molecule has 0 aliphatic heterocycles. The largest absolute Gasteiger partial charge is 0.198 e. The first-order valence-corrected chi connectivity index (χ1v) is 8.55. The Morgan fingerprint density at radius 1 is 0.731 bits per heavy atom. The van der Waals surface area contributed by atoms with Crippen LogP contribution in [0.5, 0.6) is 0 Å². The minimum atomic E-state index is -1.01. The highest BCUT2D eigenvalue weighted by atomic mass is 14.5. The fourth-order valence-electron chi connectivity index (χ4n) is 3.84. The SMILES string of the molecule is N#CC1C=C(c2ccccc2)c2ccccc2C1(C#N)c1ccccc1. The molecule has 26 heavy (non-hydrogen) atoms. The first kappa shape index (κ1) is 15.9. The van der Waals surface area contributed by atoms with E-state index in [2.05, 4.69) is 12.1 Å². The van der Waals surface area contributed by atoms with E-state index in [4.69, 9.17) is 0 Å². The predicted octanol–water partition coefficient (Wildman–Crippen LogP) is 5.08. The molecular formula is C24H16N2. The molecule has 122 valence electrons. The Balaban J connectivity index is 2.05. The Bertz CT molecular complexity index is 1050. The number of rotatable bonds is 2. The first-order valence-electron chi connectivity index (χ1n) is 8.55. The summed E-state index contributed by atoms with van der Waals surface area (Å²) in [4.78, 5) is 0. The molecule has 0 spiro atoms. The van der Waals surface area contributed by atoms with Crippen molar-refractivity contribution in [1.82, 2.24) is 0 Å². The maximum absolute atomic E-state index is 10.3. The molecule has 0 amide bonds. The lowest BCUT2D eigenvalue weighted by Gasteiger charge is -2.37. The second-order valence-corrected chi connectivity index (χ2v) is 6.38. The molecule has 2 unspecified atom stereocenters. The molecular weight excluding hydrogens is 316 g/mol. The van der Waals surface area contributed by atoms with Gasteiger partial charge in [0.25, 0.3) is 0 Å². The molecule has 0 saturated heterocycles. The van der Waals surface area contributed by atoms with Gasteiger partial charge in [-0.1, -0.05) is 91.0 Å². The molecule has 1 aliphatic rings. The second kappa shape index (κ2) is 6.36. The van der Waals surface area contributed by atoms with Gasteiger partial charge in [-0.05, 0) is 27.8 Å². The molecule has 0 fully saturated rings. The maximum Gasteiger partial charge on any atom is 0.127 e. The summed E-state index contributed by atoms with van der Waals surface area (Å²) in [5.41, 5.74) is 3.81. The Kier molecular flexibility index (Phi) is 3.88. The lowest BCUT2D eigenvalue weighted by molar-refractivity contribution is 0.559. The van der Waals surface area contributed by atoms with Crippen molar-refractivity contribution in [1.29, 1.82) is 10.5 Å². The molecule has 1 aliphatic carbocycles. The molecule has 0 bridgehead atoms. The molecule has 0 saturated carbocycles. The monoisotopic (exact) mass is 332 g/mol. The van der Waals surface area contributed by atoms with Crippen LogP contribution in [0.1, 0.15) is 22.3 Å². The van der Waals surface area contributed by atoms with Gasteiger partial charge >= 0.3 is 0 Å². The van der Waals surface area contributed by atoms with Crippen molar-refractivity contribution in [2.75, 3.05) is 0 Å². The zero-order valence-corrected chi connectivity index (χ0v) is 14.1. The summed E-state index contributed by atoms with van der Waals surface area (Å²) in [5, 5.41) is 20.2. The zero-order valence-electron chi connectivity index (χ0n) is 14.1. The van der Waals surface area contributed by atoms with Crippen LogP contribution in [0.15, 0.2) is 91.0 Å². The van der Waals surface area contributed by atoms with Gasteiger partial charge in [-0.15, -0.1) is 0 Å². The fourth-order valence-corrected chi connectivity index (χ4v) is 3.84. The van der Waals surface area contributed by atoms with Gasteiger partial charge in [0.15, 0.2) is 0 Å². The number of nitriles is 2. The Labute approximate surface area is 153 Å². The average Bonchev–Trinajstić information content (AvgIpc) is 2.73. The van der Waals surface area contributed by atoms with Crippen molar-refractivity contribution in [2.24, 2.45) is 5.92 Å². The van der Waals surface area contributed by atoms with Crippen molar-refractivity contribution in [2.45, 2.75) is 5.41 Å². The molecule has 3 aromatic rings. The summed E-state index contributed by atoms with van der Waals surface area (Å²) in [6.07, 6.45) is 1.95. The predicted molar refractivity (Wildman–Crippen MR) is 102 cm³/mol. The summed E-state index contributed by atoms with van der Waals surface area (Å²) in [6.45, 7) is 0. The number of benzene rings is 3. The van der Waals surface area contributed by atoms with E-state index in [-0.39, 0.29) is 0 Å². The van der Waals surface area contributed by atoms with Crippen molar-refractivity contribution in [3.8, 4) is 12.1 Å². The Morgan fingerprint density at radius 3 is 2.00 bits per heavy atom. The van der Waals surface area contributed by atoms with Crippen LogP contribution < -0.4 is 0 Å². The van der Waals surface area contributed by atoms with Gasteiger partial charge < -0.3 is 0 Å². The number of fused-ring (bicyclic) bond motifs is 1. The van der Waals surface area contributed by atoms with Gasteiger partial charge in [0.1, 0.15) is 5.41 Å². The van der Waals surface area contributed by atoms with E-state index < -0.39 is 11.3 Å². The van der Waals surface area contributed by atoms with Gasteiger partial charge in [0, 0.05) is 0 Å². The highest BCUT2D eigenvalue weighted by Crippen LogP contribution is 2.48. The normalized spacial score (nSPS) is 21.0. The number of hydrogen-bond donors (Lipinski definition) is 0. The van der Waals surface area contributed by atoms with Crippen LogP contribution in [-0.4, -0.2) is 0 Å². The molecule has 0 N–H and O–H groups in total. The third-order valence-corrected chi connectivity index (χ3v) is 5.07. The van der Waals surface area contributed by atoms with Gasteiger partial charge in [0.05, 0.1) is 18.1 Å².